The molecule has 0 radical (unpaired) electrons. The van der Waals surface area contributed by atoms with Crippen molar-refractivity contribution in [2.45, 2.75) is 37.7 Å². The van der Waals surface area contributed by atoms with Crippen LogP contribution in [-0.4, -0.2) is 15.9 Å². The molecule has 1 N–H and O–H groups in total. The summed E-state index contributed by atoms with van der Waals surface area (Å²) < 4.78 is 0. The molecule has 1 rings (SSSR count). The number of hydrogen-bond acceptors (Lipinski definition) is 2. The van der Waals surface area contributed by atoms with Crippen LogP contribution in [-0.2, 0) is 6.54 Å². The predicted molar refractivity (Wildman–Crippen MR) is 63.5 cm³/mol. The van der Waals surface area contributed by atoms with Gasteiger partial charge in [0.2, 0.25) is 0 Å². The van der Waals surface area contributed by atoms with E-state index in [0.717, 1.165) is 13.0 Å². The molecule has 0 saturated heterocycles. The molecule has 1 aromatic rings. The molecule has 1 aromatic heterocycles. The van der Waals surface area contributed by atoms with E-state index >= 15 is 0 Å². The molecule has 14 heavy (non-hydrogen) atoms. The fourth-order valence-corrected chi connectivity index (χ4v) is 1.93. The Balaban J connectivity index is 2.27. The predicted octanol–water partition coefficient (Wildman–Crippen LogP) is 2.73. The van der Waals surface area contributed by atoms with Crippen molar-refractivity contribution < 1.29 is 0 Å². The number of halogens is 1. The number of nitrogens with one attached hydrogen (secondary N) is 1. The number of pyridine rings is 1. The van der Waals surface area contributed by atoms with E-state index in [1.807, 2.05) is 12.3 Å². The number of aromatic nitrogens is 1. The number of alkyl halides is 1. The maximum Gasteiger partial charge on any atom is 0.0312 e. The second kappa shape index (κ2) is 6.14. The van der Waals surface area contributed by atoms with Crippen LogP contribution in [0, 0.1) is 0 Å². The lowest BCUT2D eigenvalue weighted by atomic mass is 10.2. The third kappa shape index (κ3) is 4.72. The van der Waals surface area contributed by atoms with E-state index in [9.17, 15) is 0 Å². The van der Waals surface area contributed by atoms with Crippen molar-refractivity contribution in [2.24, 2.45) is 0 Å². The summed E-state index contributed by atoms with van der Waals surface area (Å²) in [5.41, 5.74) is 1.24. The Bertz CT molecular complexity index is 249. The van der Waals surface area contributed by atoms with Crippen LogP contribution in [0.3, 0.4) is 0 Å². The molecule has 0 aliphatic heterocycles. The lowest BCUT2D eigenvalue weighted by molar-refractivity contribution is 0.515. The molecule has 2 unspecified atom stereocenters. The first-order valence-corrected chi connectivity index (χ1v) is 5.86. The van der Waals surface area contributed by atoms with E-state index in [0.29, 0.717) is 10.9 Å². The molecule has 0 spiro atoms. The first kappa shape index (κ1) is 11.7. The van der Waals surface area contributed by atoms with Gasteiger partial charge in [-0.3, -0.25) is 4.98 Å². The second-order valence-corrected chi connectivity index (χ2v) is 5.22. The third-order valence-electron chi connectivity index (χ3n) is 2.06. The highest BCUT2D eigenvalue weighted by atomic mass is 79.9. The van der Waals surface area contributed by atoms with Gasteiger partial charge in [-0.1, -0.05) is 28.9 Å². The molecule has 78 valence electrons. The first-order valence-electron chi connectivity index (χ1n) is 4.95. The van der Waals surface area contributed by atoms with E-state index in [1.54, 1.807) is 6.20 Å². The first-order chi connectivity index (χ1) is 6.68. The lowest BCUT2D eigenvalue weighted by Crippen LogP contribution is -2.27. The summed E-state index contributed by atoms with van der Waals surface area (Å²) in [4.78, 5) is 4.64. The van der Waals surface area contributed by atoms with Crippen molar-refractivity contribution in [3.8, 4) is 0 Å². The Labute approximate surface area is 94.3 Å². The molecule has 0 bridgehead atoms. The van der Waals surface area contributed by atoms with E-state index in [4.69, 9.17) is 0 Å². The van der Waals surface area contributed by atoms with Crippen molar-refractivity contribution in [1.29, 1.82) is 0 Å². The van der Waals surface area contributed by atoms with Crippen LogP contribution in [0.15, 0.2) is 24.5 Å². The van der Waals surface area contributed by atoms with E-state index in [2.05, 4.69) is 46.1 Å². The summed E-state index contributed by atoms with van der Waals surface area (Å²) in [5, 5.41) is 3.46. The van der Waals surface area contributed by atoms with Gasteiger partial charge in [0.05, 0.1) is 0 Å². The van der Waals surface area contributed by atoms with Gasteiger partial charge in [0.1, 0.15) is 0 Å². The van der Waals surface area contributed by atoms with Crippen LogP contribution in [0.1, 0.15) is 25.8 Å². The molecule has 0 fully saturated rings. The van der Waals surface area contributed by atoms with Crippen LogP contribution < -0.4 is 5.32 Å². The van der Waals surface area contributed by atoms with Gasteiger partial charge in [-0.15, -0.1) is 0 Å². The SMILES string of the molecule is CC(Br)CC(C)NCc1cccnc1. The van der Waals surface area contributed by atoms with E-state index < -0.39 is 0 Å². The summed E-state index contributed by atoms with van der Waals surface area (Å²) >= 11 is 3.55. The molecular weight excluding hydrogens is 240 g/mol. The Morgan fingerprint density at radius 3 is 2.86 bits per heavy atom. The quantitative estimate of drug-likeness (QED) is 0.820. The standard InChI is InChI=1S/C11H17BrN2/c1-9(12)6-10(2)14-8-11-4-3-5-13-7-11/h3-5,7,9-10,14H,6,8H2,1-2H3. The molecule has 1 heterocycles. The van der Waals surface area contributed by atoms with Crippen molar-refractivity contribution in [1.82, 2.24) is 10.3 Å². The molecule has 0 saturated carbocycles. The molecule has 2 nitrogen and oxygen atoms in total. The Kier molecular flexibility index (Phi) is 5.12. The molecule has 3 heteroatoms. The normalized spacial score (nSPS) is 15.1. The van der Waals surface area contributed by atoms with Gasteiger partial charge in [-0.25, -0.2) is 0 Å². The summed E-state index contributed by atoms with van der Waals surface area (Å²) in [6, 6.07) is 4.59. The summed E-state index contributed by atoms with van der Waals surface area (Å²) in [7, 11) is 0. The number of rotatable bonds is 5. The minimum Gasteiger partial charge on any atom is -0.310 e. The van der Waals surface area contributed by atoms with Gasteiger partial charge in [0.15, 0.2) is 0 Å². The van der Waals surface area contributed by atoms with Crippen LogP contribution in [0.25, 0.3) is 0 Å². The zero-order chi connectivity index (χ0) is 10.4. The summed E-state index contributed by atoms with van der Waals surface area (Å²) in [6.45, 7) is 5.27. The van der Waals surface area contributed by atoms with Gasteiger partial charge in [0, 0.05) is 29.8 Å². The Hall–Kier alpha value is -0.410. The van der Waals surface area contributed by atoms with Crippen molar-refractivity contribution in [3.63, 3.8) is 0 Å². The largest absolute Gasteiger partial charge is 0.310 e. The molecule has 0 aliphatic rings. The highest BCUT2D eigenvalue weighted by molar-refractivity contribution is 9.09. The maximum atomic E-state index is 4.07. The topological polar surface area (TPSA) is 24.9 Å². The average molecular weight is 257 g/mol. The lowest BCUT2D eigenvalue weighted by Gasteiger charge is -2.14. The van der Waals surface area contributed by atoms with Crippen molar-refractivity contribution in [3.05, 3.63) is 30.1 Å². The van der Waals surface area contributed by atoms with Crippen LogP contribution >= 0.6 is 15.9 Å². The minimum atomic E-state index is 0.532. The van der Waals surface area contributed by atoms with Gasteiger partial charge in [-0.2, -0.15) is 0 Å². The third-order valence-corrected chi connectivity index (χ3v) is 2.43. The molecule has 0 aliphatic carbocycles. The van der Waals surface area contributed by atoms with Gasteiger partial charge in [-0.05, 0) is 25.0 Å². The van der Waals surface area contributed by atoms with E-state index in [-0.39, 0.29) is 0 Å². The fourth-order valence-electron chi connectivity index (χ4n) is 1.37. The van der Waals surface area contributed by atoms with Crippen LogP contribution in [0.2, 0.25) is 0 Å². The zero-order valence-corrected chi connectivity index (χ0v) is 10.3. The number of hydrogen-bond donors (Lipinski definition) is 1. The molecular formula is C11H17BrN2. The number of nitrogens with zero attached hydrogens (tertiary/aromatic N) is 1. The summed E-state index contributed by atoms with van der Waals surface area (Å²) in [5.74, 6) is 0. The molecule has 0 aromatic carbocycles. The van der Waals surface area contributed by atoms with Crippen molar-refractivity contribution in [2.75, 3.05) is 0 Å². The molecule has 0 amide bonds. The highest BCUT2D eigenvalue weighted by Crippen LogP contribution is 2.07. The average Bonchev–Trinajstić information content (AvgIpc) is 2.15. The Morgan fingerprint density at radius 1 is 1.50 bits per heavy atom. The smallest absolute Gasteiger partial charge is 0.0312 e. The molecule has 2 atom stereocenters. The maximum absolute atomic E-state index is 4.07. The van der Waals surface area contributed by atoms with Crippen LogP contribution in [0.5, 0.6) is 0 Å². The fraction of sp³-hybridized carbons (Fsp3) is 0.545. The van der Waals surface area contributed by atoms with Gasteiger partial charge >= 0.3 is 0 Å². The monoisotopic (exact) mass is 256 g/mol. The van der Waals surface area contributed by atoms with Gasteiger partial charge < -0.3 is 5.32 Å². The Morgan fingerprint density at radius 2 is 2.29 bits per heavy atom. The zero-order valence-electron chi connectivity index (χ0n) is 8.70. The highest BCUT2D eigenvalue weighted by Gasteiger charge is 2.04. The van der Waals surface area contributed by atoms with Gasteiger partial charge in [0.25, 0.3) is 0 Å². The van der Waals surface area contributed by atoms with Crippen molar-refractivity contribution >= 4 is 15.9 Å². The van der Waals surface area contributed by atoms with E-state index in [1.165, 1.54) is 5.56 Å². The van der Waals surface area contributed by atoms with Crippen LogP contribution in [0.4, 0.5) is 0 Å². The minimum absolute atomic E-state index is 0.532. The second-order valence-electron chi connectivity index (χ2n) is 3.66. The summed E-state index contributed by atoms with van der Waals surface area (Å²) in [6.07, 6.45) is 4.84.